The predicted octanol–water partition coefficient (Wildman–Crippen LogP) is 6.02. The highest BCUT2D eigenvalue weighted by atomic mass is 19.4. The van der Waals surface area contributed by atoms with Crippen molar-refractivity contribution in [3.05, 3.63) is 93.4 Å². The summed E-state index contributed by atoms with van der Waals surface area (Å²) in [6.07, 6.45) is -2.27. The summed E-state index contributed by atoms with van der Waals surface area (Å²) < 4.78 is 56.5. The molecule has 0 saturated carbocycles. The zero-order valence-corrected chi connectivity index (χ0v) is 35.4. The summed E-state index contributed by atoms with van der Waals surface area (Å²) in [6, 6.07) is 13.1. The average molecular weight is 856 g/mol. The van der Waals surface area contributed by atoms with Crippen molar-refractivity contribution in [2.24, 2.45) is 0 Å². The number of aromatic nitrogens is 2. The third-order valence-electron chi connectivity index (χ3n) is 14.0. The third kappa shape index (κ3) is 8.24. The van der Waals surface area contributed by atoms with Crippen molar-refractivity contribution in [1.29, 1.82) is 0 Å². The number of carbonyl (C=O) groups is 3. The molecule has 0 radical (unpaired) electrons. The zero-order chi connectivity index (χ0) is 43.4. The summed E-state index contributed by atoms with van der Waals surface area (Å²) in [6.45, 7) is 15.0. The summed E-state index contributed by atoms with van der Waals surface area (Å²) in [4.78, 5) is 48.7. The van der Waals surface area contributed by atoms with Gasteiger partial charge in [0.05, 0.1) is 17.3 Å². The summed E-state index contributed by atoms with van der Waals surface area (Å²) in [7, 11) is 0. The van der Waals surface area contributed by atoms with E-state index in [-0.39, 0.29) is 48.5 Å². The van der Waals surface area contributed by atoms with Crippen LogP contribution in [0.15, 0.2) is 48.5 Å². The van der Waals surface area contributed by atoms with Crippen molar-refractivity contribution in [3.63, 3.8) is 0 Å². The Balaban J connectivity index is 0.734. The van der Waals surface area contributed by atoms with Gasteiger partial charge in [-0.3, -0.25) is 34.4 Å². The number of alkyl halides is 3. The minimum absolute atomic E-state index is 0.0725. The first-order valence-electron chi connectivity index (χ1n) is 21.8. The van der Waals surface area contributed by atoms with Gasteiger partial charge in [0.15, 0.2) is 5.82 Å². The van der Waals surface area contributed by atoms with Crippen molar-refractivity contribution >= 4 is 40.0 Å². The van der Waals surface area contributed by atoms with Gasteiger partial charge in [-0.1, -0.05) is 24.3 Å². The van der Waals surface area contributed by atoms with E-state index in [1.54, 1.807) is 6.07 Å². The van der Waals surface area contributed by atoms with Crippen LogP contribution < -0.4 is 15.5 Å². The molecule has 3 aromatic carbocycles. The van der Waals surface area contributed by atoms with E-state index in [1.807, 2.05) is 19.9 Å². The molecule has 16 heteroatoms. The number of rotatable bonds is 10. The molecular formula is C46H53F4N9O3. The van der Waals surface area contributed by atoms with Crippen LogP contribution in [0.25, 0.3) is 10.8 Å². The number of halogens is 4. The van der Waals surface area contributed by atoms with Crippen molar-refractivity contribution in [1.82, 2.24) is 35.1 Å². The van der Waals surface area contributed by atoms with Gasteiger partial charge in [-0.25, -0.2) is 4.39 Å². The number of hydrogen-bond donors (Lipinski definition) is 2. The molecule has 4 fully saturated rings. The fourth-order valence-corrected chi connectivity index (χ4v) is 10.3. The number of piperidine rings is 2. The second-order valence-corrected chi connectivity index (χ2v) is 17.7. The molecule has 4 saturated heterocycles. The number of likely N-dealkylation sites (tertiary alicyclic amines) is 2. The lowest BCUT2D eigenvalue weighted by Gasteiger charge is -2.48. The van der Waals surface area contributed by atoms with Crippen LogP contribution in [0.3, 0.4) is 0 Å². The van der Waals surface area contributed by atoms with Crippen molar-refractivity contribution in [2.45, 2.75) is 83.2 Å². The maximum atomic E-state index is 15.5. The number of hydrogen-bond acceptors (Lipinski definition) is 10. The highest BCUT2D eigenvalue weighted by Crippen LogP contribution is 2.38. The molecule has 1 unspecified atom stereocenters. The van der Waals surface area contributed by atoms with E-state index in [0.29, 0.717) is 28.6 Å². The second-order valence-electron chi connectivity index (χ2n) is 17.7. The Hall–Kier alpha value is -5.19. The van der Waals surface area contributed by atoms with Crippen LogP contribution in [-0.2, 0) is 22.3 Å². The monoisotopic (exact) mass is 855 g/mol. The van der Waals surface area contributed by atoms with Gasteiger partial charge < -0.3 is 15.1 Å². The maximum absolute atomic E-state index is 15.5. The Morgan fingerprint density at radius 3 is 2.34 bits per heavy atom. The predicted molar refractivity (Wildman–Crippen MR) is 227 cm³/mol. The van der Waals surface area contributed by atoms with Gasteiger partial charge >= 0.3 is 6.18 Å². The van der Waals surface area contributed by atoms with E-state index in [4.69, 9.17) is 0 Å². The van der Waals surface area contributed by atoms with Crippen LogP contribution in [0.1, 0.15) is 88.4 Å². The van der Waals surface area contributed by atoms with Crippen molar-refractivity contribution in [3.8, 4) is 0 Å². The third-order valence-corrected chi connectivity index (χ3v) is 14.0. The topological polar surface area (TPSA) is 117 Å². The summed E-state index contributed by atoms with van der Waals surface area (Å²) in [5.41, 5.74) is 3.71. The summed E-state index contributed by atoms with van der Waals surface area (Å²) in [5.74, 6) is -0.903. The summed E-state index contributed by atoms with van der Waals surface area (Å²) >= 11 is 0. The molecular weight excluding hydrogens is 803 g/mol. The lowest BCUT2D eigenvalue weighted by Crippen LogP contribution is -2.61. The summed E-state index contributed by atoms with van der Waals surface area (Å²) in [5, 5.41) is 16.3. The van der Waals surface area contributed by atoms with E-state index >= 15 is 4.39 Å². The molecule has 5 aliphatic heterocycles. The molecule has 4 aromatic rings. The Labute approximate surface area is 358 Å². The minimum Gasteiger partial charge on any atom is -0.369 e. The first-order valence-corrected chi connectivity index (χ1v) is 21.8. The van der Waals surface area contributed by atoms with Gasteiger partial charge in [-0.15, -0.1) is 5.10 Å². The molecule has 5 aliphatic rings. The largest absolute Gasteiger partial charge is 0.416 e. The molecule has 2 N–H and O–H groups in total. The fraction of sp³-hybridized carbons (Fsp3) is 0.500. The smallest absolute Gasteiger partial charge is 0.369 e. The van der Waals surface area contributed by atoms with Crippen LogP contribution >= 0.6 is 0 Å². The standard InChI is InChI=1S/C46H53F4N9O3/c1-27-34(5-4-6-39(27)46(48,49)50)28(2)51-43-38-22-32(7-8-35(38)29(3)53-54-43)58-19-17-55(18-20-58)15-16-56-25-33(26-56)57-13-11-30(12-14-57)36-21-31-24-59(45(62)37(31)23-40(36)47)41-9-10-42(60)52-44(41)61/h4-8,21-23,28,30,33,41H,9-20,24-26H2,1-3H3,(H,51,54)(H,52,60,61)/t28-,41?/m1/s1. The number of carbonyl (C=O) groups excluding carboxylic acids is 3. The molecule has 1 aromatic heterocycles. The number of nitrogens with one attached hydrogen (secondary N) is 2. The van der Waals surface area contributed by atoms with E-state index < -0.39 is 29.7 Å². The lowest BCUT2D eigenvalue weighted by atomic mass is 9.86. The molecule has 9 rings (SSSR count). The van der Waals surface area contributed by atoms with Crippen LogP contribution in [0.5, 0.6) is 0 Å². The highest BCUT2D eigenvalue weighted by molar-refractivity contribution is 6.05. The maximum Gasteiger partial charge on any atom is 0.416 e. The highest BCUT2D eigenvalue weighted by Gasteiger charge is 2.41. The van der Waals surface area contributed by atoms with Crippen LogP contribution in [-0.4, -0.2) is 125 Å². The van der Waals surface area contributed by atoms with Gasteiger partial charge in [0.2, 0.25) is 11.8 Å². The van der Waals surface area contributed by atoms with E-state index in [2.05, 4.69) is 58.6 Å². The molecule has 2 atom stereocenters. The Kier molecular flexibility index (Phi) is 11.4. The van der Waals surface area contributed by atoms with Crippen molar-refractivity contribution < 1.29 is 31.9 Å². The first-order chi connectivity index (χ1) is 29.7. The Morgan fingerprint density at radius 1 is 0.871 bits per heavy atom. The minimum atomic E-state index is -4.43. The number of aryl methyl sites for hydroxylation is 1. The molecule has 328 valence electrons. The van der Waals surface area contributed by atoms with Gasteiger partial charge in [0.25, 0.3) is 5.91 Å². The lowest BCUT2D eigenvalue weighted by molar-refractivity contribution is -0.138. The van der Waals surface area contributed by atoms with E-state index in [9.17, 15) is 27.6 Å². The van der Waals surface area contributed by atoms with Gasteiger partial charge in [0.1, 0.15) is 11.9 Å². The number of imide groups is 1. The SMILES string of the molecule is Cc1c([C@@H](C)Nc2nnc(C)c3ccc(N4CCN(CCN5CC(N6CCC(c7cc8c(cc7F)C(=O)N(C7CCC(=O)NC7=O)C8)CC6)C5)CC4)cc23)cccc1C(F)(F)F. The zero-order valence-electron chi connectivity index (χ0n) is 35.4. The number of amides is 3. The first kappa shape index (κ1) is 42.1. The van der Waals surface area contributed by atoms with Crippen LogP contribution in [0.4, 0.5) is 29.1 Å². The van der Waals surface area contributed by atoms with E-state index in [1.165, 1.54) is 24.0 Å². The van der Waals surface area contributed by atoms with Gasteiger partial charge in [-0.05, 0) is 106 Å². The number of anilines is 2. The Bertz CT molecular complexity index is 2390. The molecule has 6 heterocycles. The molecule has 0 bridgehead atoms. The molecule has 3 amide bonds. The number of benzene rings is 3. The van der Waals surface area contributed by atoms with E-state index in [0.717, 1.165) is 112 Å². The normalized spacial score (nSPS) is 21.7. The van der Waals surface area contributed by atoms with Crippen LogP contribution in [0.2, 0.25) is 0 Å². The molecule has 0 aliphatic carbocycles. The number of piperazine rings is 1. The fourth-order valence-electron chi connectivity index (χ4n) is 10.3. The second kappa shape index (κ2) is 16.8. The van der Waals surface area contributed by atoms with Crippen molar-refractivity contribution in [2.75, 3.05) is 75.7 Å². The Morgan fingerprint density at radius 2 is 1.61 bits per heavy atom. The molecule has 12 nitrogen and oxygen atoms in total. The molecule has 0 spiro atoms. The quantitative estimate of drug-likeness (QED) is 0.145. The van der Waals surface area contributed by atoms with Crippen LogP contribution in [0, 0.1) is 19.7 Å². The number of fused-ring (bicyclic) bond motifs is 2. The van der Waals surface area contributed by atoms with Gasteiger partial charge in [-0.2, -0.15) is 18.3 Å². The van der Waals surface area contributed by atoms with Gasteiger partial charge in [0, 0.05) is 93.4 Å². The number of nitrogens with zero attached hydrogens (tertiary/aromatic N) is 7. The molecule has 62 heavy (non-hydrogen) atoms. The average Bonchev–Trinajstić information content (AvgIpc) is 3.54.